The largest absolute Gasteiger partial charge is 0.466 e. The monoisotopic (exact) mass is 248 g/mol. The molecular formula is C12H18F2O3. The van der Waals surface area contributed by atoms with Gasteiger partial charge < -0.3 is 4.74 Å². The number of halogens is 2. The van der Waals surface area contributed by atoms with Gasteiger partial charge in [0.25, 0.3) is 5.92 Å². The second-order valence-electron chi connectivity index (χ2n) is 4.40. The van der Waals surface area contributed by atoms with E-state index in [-0.39, 0.29) is 25.2 Å². The summed E-state index contributed by atoms with van der Waals surface area (Å²) in [5.74, 6) is -4.55. The number of esters is 1. The van der Waals surface area contributed by atoms with Gasteiger partial charge in [-0.1, -0.05) is 0 Å². The number of rotatable bonds is 5. The molecule has 1 aliphatic carbocycles. The van der Waals surface area contributed by atoms with Gasteiger partial charge in [-0.3, -0.25) is 9.59 Å². The molecule has 0 aromatic carbocycles. The van der Waals surface area contributed by atoms with E-state index in [1.807, 2.05) is 0 Å². The summed E-state index contributed by atoms with van der Waals surface area (Å²) in [5.41, 5.74) is 0. The molecule has 98 valence electrons. The molecule has 1 saturated carbocycles. The number of ketones is 1. The molecule has 0 aliphatic heterocycles. The summed E-state index contributed by atoms with van der Waals surface area (Å²) in [6.07, 6.45) is 0.426. The molecule has 3 nitrogen and oxygen atoms in total. The molecule has 0 saturated heterocycles. The van der Waals surface area contributed by atoms with Crippen molar-refractivity contribution < 1.29 is 23.1 Å². The molecule has 5 heteroatoms. The number of Topliss-reactive ketones (excluding diaryl/α,β-unsaturated/α-hetero) is 1. The SMILES string of the molecule is CCOC(=O)CCC(F)(F)C1CCCC(=O)C1. The number of hydrogen-bond acceptors (Lipinski definition) is 3. The number of carbonyl (C=O) groups excluding carboxylic acids is 2. The molecule has 1 fully saturated rings. The first kappa shape index (κ1) is 14.1. The summed E-state index contributed by atoms with van der Waals surface area (Å²) in [7, 11) is 0. The quantitative estimate of drug-likeness (QED) is 0.702. The Morgan fingerprint density at radius 3 is 2.82 bits per heavy atom. The topological polar surface area (TPSA) is 43.4 Å². The van der Waals surface area contributed by atoms with Crippen molar-refractivity contribution in [2.75, 3.05) is 6.61 Å². The lowest BCUT2D eigenvalue weighted by Crippen LogP contribution is -2.33. The van der Waals surface area contributed by atoms with Crippen molar-refractivity contribution >= 4 is 11.8 Å². The molecule has 0 aromatic rings. The highest BCUT2D eigenvalue weighted by atomic mass is 19.3. The van der Waals surface area contributed by atoms with E-state index in [2.05, 4.69) is 4.74 Å². The first-order valence-corrected chi connectivity index (χ1v) is 6.01. The fourth-order valence-corrected chi connectivity index (χ4v) is 2.09. The molecule has 1 unspecified atom stereocenters. The van der Waals surface area contributed by atoms with Crippen LogP contribution in [0.3, 0.4) is 0 Å². The molecule has 1 rings (SSSR count). The predicted octanol–water partition coefficient (Wildman–Crippen LogP) is 2.72. The Hall–Kier alpha value is -1.00. The van der Waals surface area contributed by atoms with E-state index in [1.54, 1.807) is 6.92 Å². The van der Waals surface area contributed by atoms with Gasteiger partial charge >= 0.3 is 5.97 Å². The summed E-state index contributed by atoms with van der Waals surface area (Å²) in [5, 5.41) is 0. The normalized spacial score (nSPS) is 21.4. The maximum Gasteiger partial charge on any atom is 0.305 e. The van der Waals surface area contributed by atoms with Crippen molar-refractivity contribution in [1.29, 1.82) is 0 Å². The summed E-state index contributed by atoms with van der Waals surface area (Å²) in [6.45, 7) is 1.84. The zero-order valence-electron chi connectivity index (χ0n) is 10.0. The number of carbonyl (C=O) groups is 2. The van der Waals surface area contributed by atoms with Crippen LogP contribution in [-0.4, -0.2) is 24.3 Å². The number of ether oxygens (including phenoxy) is 1. The average molecular weight is 248 g/mol. The minimum atomic E-state index is -2.94. The third-order valence-electron chi connectivity index (χ3n) is 3.05. The van der Waals surface area contributed by atoms with Crippen LogP contribution in [0.15, 0.2) is 0 Å². The van der Waals surface area contributed by atoms with Gasteiger partial charge in [-0.2, -0.15) is 0 Å². The smallest absolute Gasteiger partial charge is 0.305 e. The maximum atomic E-state index is 13.7. The van der Waals surface area contributed by atoms with E-state index < -0.39 is 24.2 Å². The molecule has 0 radical (unpaired) electrons. The van der Waals surface area contributed by atoms with Crippen LogP contribution in [0.25, 0.3) is 0 Å². The lowest BCUT2D eigenvalue weighted by molar-refractivity contribution is -0.147. The van der Waals surface area contributed by atoms with Crippen molar-refractivity contribution in [3.05, 3.63) is 0 Å². The molecule has 0 N–H and O–H groups in total. The molecule has 17 heavy (non-hydrogen) atoms. The molecule has 0 heterocycles. The molecule has 1 atom stereocenters. The lowest BCUT2D eigenvalue weighted by Gasteiger charge is -2.29. The van der Waals surface area contributed by atoms with Gasteiger partial charge in [0.15, 0.2) is 0 Å². The summed E-state index contributed by atoms with van der Waals surface area (Å²) >= 11 is 0. The van der Waals surface area contributed by atoms with E-state index in [1.165, 1.54) is 0 Å². The Morgan fingerprint density at radius 2 is 2.24 bits per heavy atom. The van der Waals surface area contributed by atoms with Gasteiger partial charge in [0.2, 0.25) is 0 Å². The molecule has 0 bridgehead atoms. The summed E-state index contributed by atoms with van der Waals surface area (Å²) in [6, 6.07) is 0. The zero-order valence-corrected chi connectivity index (χ0v) is 10.0. The first-order valence-electron chi connectivity index (χ1n) is 6.01. The van der Waals surface area contributed by atoms with Crippen LogP contribution in [0.2, 0.25) is 0 Å². The minimum Gasteiger partial charge on any atom is -0.466 e. The Balaban J connectivity index is 2.43. The standard InChI is InChI=1S/C12H18F2O3/c1-2-17-11(16)6-7-12(13,14)9-4-3-5-10(15)8-9/h9H,2-8H2,1H3. The van der Waals surface area contributed by atoms with Crippen molar-refractivity contribution in [1.82, 2.24) is 0 Å². The summed E-state index contributed by atoms with van der Waals surface area (Å²) < 4.78 is 32.1. The van der Waals surface area contributed by atoms with Gasteiger partial charge in [-0.25, -0.2) is 8.78 Å². The number of alkyl halides is 2. The average Bonchev–Trinajstić information content (AvgIpc) is 2.27. The van der Waals surface area contributed by atoms with Crippen LogP contribution in [0, 0.1) is 5.92 Å². The highest BCUT2D eigenvalue weighted by Crippen LogP contribution is 2.38. The Labute approximate surface area is 99.5 Å². The highest BCUT2D eigenvalue weighted by Gasteiger charge is 2.41. The maximum absolute atomic E-state index is 13.7. The third kappa shape index (κ3) is 4.40. The van der Waals surface area contributed by atoms with Gasteiger partial charge in [0.1, 0.15) is 5.78 Å². The number of hydrogen-bond donors (Lipinski definition) is 0. The van der Waals surface area contributed by atoms with Crippen LogP contribution in [0.4, 0.5) is 8.78 Å². The van der Waals surface area contributed by atoms with Crippen molar-refractivity contribution in [3.8, 4) is 0 Å². The first-order chi connectivity index (χ1) is 7.95. The fraction of sp³-hybridized carbons (Fsp3) is 0.833. The van der Waals surface area contributed by atoms with Crippen LogP contribution in [0.5, 0.6) is 0 Å². The van der Waals surface area contributed by atoms with Crippen molar-refractivity contribution in [2.24, 2.45) is 5.92 Å². The minimum absolute atomic E-state index is 0.0597. The van der Waals surface area contributed by atoms with Crippen LogP contribution in [-0.2, 0) is 14.3 Å². The Kier molecular flexibility index (Phi) is 5.02. The predicted molar refractivity (Wildman–Crippen MR) is 57.8 cm³/mol. The fourth-order valence-electron chi connectivity index (χ4n) is 2.09. The molecule has 1 aliphatic rings. The van der Waals surface area contributed by atoms with E-state index in [4.69, 9.17) is 0 Å². The van der Waals surface area contributed by atoms with E-state index in [0.717, 1.165) is 0 Å². The van der Waals surface area contributed by atoms with Gasteiger partial charge in [-0.05, 0) is 19.8 Å². The Morgan fingerprint density at radius 1 is 1.53 bits per heavy atom. The van der Waals surface area contributed by atoms with Crippen LogP contribution in [0.1, 0.15) is 45.4 Å². The second-order valence-corrected chi connectivity index (χ2v) is 4.40. The molecule has 0 aromatic heterocycles. The molecular weight excluding hydrogens is 230 g/mol. The van der Waals surface area contributed by atoms with Gasteiger partial charge in [-0.15, -0.1) is 0 Å². The van der Waals surface area contributed by atoms with Crippen molar-refractivity contribution in [2.45, 2.75) is 51.4 Å². The van der Waals surface area contributed by atoms with Crippen LogP contribution >= 0.6 is 0 Å². The van der Waals surface area contributed by atoms with E-state index in [0.29, 0.717) is 19.3 Å². The zero-order chi connectivity index (χ0) is 12.9. The van der Waals surface area contributed by atoms with Gasteiger partial charge in [0, 0.05) is 25.2 Å². The molecule has 0 spiro atoms. The lowest BCUT2D eigenvalue weighted by atomic mass is 9.82. The van der Waals surface area contributed by atoms with E-state index in [9.17, 15) is 18.4 Å². The summed E-state index contributed by atoms with van der Waals surface area (Å²) in [4.78, 5) is 22.2. The van der Waals surface area contributed by atoms with Crippen molar-refractivity contribution in [3.63, 3.8) is 0 Å². The molecule has 0 amide bonds. The van der Waals surface area contributed by atoms with Crippen LogP contribution < -0.4 is 0 Å². The highest BCUT2D eigenvalue weighted by molar-refractivity contribution is 5.79. The Bertz CT molecular complexity index is 289. The third-order valence-corrected chi connectivity index (χ3v) is 3.05. The second kappa shape index (κ2) is 6.07. The van der Waals surface area contributed by atoms with E-state index >= 15 is 0 Å². The van der Waals surface area contributed by atoms with Gasteiger partial charge in [0.05, 0.1) is 13.0 Å².